The maximum absolute atomic E-state index is 13.8. The third-order valence-corrected chi connectivity index (χ3v) is 3.74. The van der Waals surface area contributed by atoms with E-state index in [4.69, 9.17) is 0 Å². The highest BCUT2D eigenvalue weighted by molar-refractivity contribution is 9.10. The summed E-state index contributed by atoms with van der Waals surface area (Å²) in [6.45, 7) is 4.05. The van der Waals surface area contributed by atoms with E-state index in [1.165, 1.54) is 25.7 Å². The van der Waals surface area contributed by atoms with Crippen molar-refractivity contribution in [2.45, 2.75) is 45.2 Å². The van der Waals surface area contributed by atoms with Gasteiger partial charge in [-0.25, -0.2) is 4.39 Å². The predicted octanol–water partition coefficient (Wildman–Crippen LogP) is 4.35. The van der Waals surface area contributed by atoms with Crippen LogP contribution in [0.2, 0.25) is 0 Å². The summed E-state index contributed by atoms with van der Waals surface area (Å²) >= 11 is 3.29. The van der Waals surface area contributed by atoms with Gasteiger partial charge in [-0.05, 0) is 37.9 Å². The van der Waals surface area contributed by atoms with E-state index in [2.05, 4.69) is 27.8 Å². The van der Waals surface area contributed by atoms with Crippen LogP contribution in [0.3, 0.4) is 0 Å². The molecule has 17 heavy (non-hydrogen) atoms. The molecule has 1 aromatic rings. The van der Waals surface area contributed by atoms with Gasteiger partial charge in [0.15, 0.2) is 0 Å². The summed E-state index contributed by atoms with van der Waals surface area (Å²) in [6, 6.07) is 6.06. The van der Waals surface area contributed by atoms with Crippen LogP contribution in [0.5, 0.6) is 0 Å². The molecular weight excluding hydrogens is 281 g/mol. The molecule has 1 aromatic carbocycles. The highest BCUT2D eigenvalue weighted by Gasteiger charge is 2.28. The van der Waals surface area contributed by atoms with Crippen LogP contribution in [0.1, 0.15) is 38.2 Å². The number of unbranched alkanes of at least 4 members (excludes halogenated alkanes) is 1. The van der Waals surface area contributed by atoms with Gasteiger partial charge in [-0.1, -0.05) is 35.3 Å². The first kappa shape index (κ1) is 13.0. The number of rotatable bonds is 6. The largest absolute Gasteiger partial charge is 0.296 e. The van der Waals surface area contributed by atoms with Crippen LogP contribution in [0.15, 0.2) is 22.7 Å². The molecule has 94 valence electrons. The lowest BCUT2D eigenvalue weighted by Gasteiger charge is -2.22. The summed E-state index contributed by atoms with van der Waals surface area (Å²) in [5.41, 5.74) is 0.816. The minimum atomic E-state index is -0.0958. The lowest BCUT2D eigenvalue weighted by atomic mass is 10.2. The summed E-state index contributed by atoms with van der Waals surface area (Å²) in [7, 11) is 0. The maximum Gasteiger partial charge on any atom is 0.128 e. The van der Waals surface area contributed by atoms with Crippen molar-refractivity contribution in [3.8, 4) is 0 Å². The minimum Gasteiger partial charge on any atom is -0.296 e. The fourth-order valence-corrected chi connectivity index (χ4v) is 2.39. The lowest BCUT2D eigenvalue weighted by Crippen LogP contribution is -2.27. The van der Waals surface area contributed by atoms with Crippen molar-refractivity contribution in [1.82, 2.24) is 4.90 Å². The molecule has 0 unspecified atom stereocenters. The Hall–Kier alpha value is -0.410. The summed E-state index contributed by atoms with van der Waals surface area (Å²) < 4.78 is 14.6. The van der Waals surface area contributed by atoms with Crippen LogP contribution < -0.4 is 0 Å². The topological polar surface area (TPSA) is 3.24 Å². The van der Waals surface area contributed by atoms with Crippen LogP contribution in [0.4, 0.5) is 4.39 Å². The molecular formula is C14H19BrFN. The van der Waals surface area contributed by atoms with Crippen molar-refractivity contribution < 1.29 is 4.39 Å². The number of benzene rings is 1. The van der Waals surface area contributed by atoms with E-state index in [1.54, 1.807) is 6.07 Å². The number of hydrogen-bond acceptors (Lipinski definition) is 1. The van der Waals surface area contributed by atoms with Gasteiger partial charge in [-0.15, -0.1) is 0 Å². The van der Waals surface area contributed by atoms with Crippen LogP contribution in [-0.4, -0.2) is 17.5 Å². The SMILES string of the molecule is CCCCN(Cc1ccc(Br)cc1F)C1CC1. The monoisotopic (exact) mass is 299 g/mol. The van der Waals surface area contributed by atoms with Gasteiger partial charge in [0.1, 0.15) is 5.82 Å². The van der Waals surface area contributed by atoms with Crippen LogP contribution in [0, 0.1) is 5.82 Å². The second kappa shape index (κ2) is 5.96. The van der Waals surface area contributed by atoms with Crippen LogP contribution in [-0.2, 0) is 6.54 Å². The number of nitrogens with zero attached hydrogens (tertiary/aromatic N) is 1. The van der Waals surface area contributed by atoms with Crippen molar-refractivity contribution in [2.75, 3.05) is 6.54 Å². The molecule has 1 saturated carbocycles. The van der Waals surface area contributed by atoms with Crippen molar-refractivity contribution in [1.29, 1.82) is 0 Å². The Morgan fingerprint density at radius 3 is 2.76 bits per heavy atom. The van der Waals surface area contributed by atoms with E-state index < -0.39 is 0 Å². The fraction of sp³-hybridized carbons (Fsp3) is 0.571. The molecule has 0 aromatic heterocycles. The zero-order chi connectivity index (χ0) is 12.3. The van der Waals surface area contributed by atoms with Gasteiger partial charge in [0.2, 0.25) is 0 Å². The highest BCUT2D eigenvalue weighted by atomic mass is 79.9. The van der Waals surface area contributed by atoms with Crippen molar-refractivity contribution in [3.63, 3.8) is 0 Å². The van der Waals surface area contributed by atoms with Gasteiger partial charge in [-0.3, -0.25) is 4.90 Å². The molecule has 0 N–H and O–H groups in total. The van der Waals surface area contributed by atoms with Crippen LogP contribution >= 0.6 is 15.9 Å². The second-order valence-corrected chi connectivity index (χ2v) is 5.71. The smallest absolute Gasteiger partial charge is 0.128 e. The van der Waals surface area contributed by atoms with Crippen molar-refractivity contribution in [3.05, 3.63) is 34.1 Å². The molecule has 0 saturated heterocycles. The molecule has 1 fully saturated rings. The van der Waals surface area contributed by atoms with Gasteiger partial charge in [0.25, 0.3) is 0 Å². The molecule has 0 bridgehead atoms. The number of hydrogen-bond donors (Lipinski definition) is 0. The van der Waals surface area contributed by atoms with E-state index in [-0.39, 0.29) is 5.82 Å². The summed E-state index contributed by atoms with van der Waals surface area (Å²) in [5, 5.41) is 0. The summed E-state index contributed by atoms with van der Waals surface area (Å²) in [6.07, 6.45) is 4.96. The van der Waals surface area contributed by atoms with Gasteiger partial charge >= 0.3 is 0 Å². The van der Waals surface area contributed by atoms with E-state index in [9.17, 15) is 4.39 Å². The van der Waals surface area contributed by atoms with Crippen molar-refractivity contribution in [2.24, 2.45) is 0 Å². The first-order valence-electron chi connectivity index (χ1n) is 6.38. The standard InChI is InChI=1S/C14H19BrFN/c1-2-3-8-17(13-6-7-13)10-11-4-5-12(15)9-14(11)16/h4-5,9,13H,2-3,6-8,10H2,1H3. The highest BCUT2D eigenvalue weighted by Crippen LogP contribution is 2.29. The van der Waals surface area contributed by atoms with Gasteiger partial charge in [0, 0.05) is 22.6 Å². The van der Waals surface area contributed by atoms with Gasteiger partial charge in [-0.2, -0.15) is 0 Å². The molecule has 0 atom stereocenters. The average molecular weight is 300 g/mol. The molecule has 1 aliphatic rings. The third kappa shape index (κ3) is 3.78. The van der Waals surface area contributed by atoms with Crippen molar-refractivity contribution >= 4 is 15.9 Å². The maximum atomic E-state index is 13.8. The molecule has 0 aliphatic heterocycles. The first-order chi connectivity index (χ1) is 8.20. The molecule has 1 aliphatic carbocycles. The summed E-state index contributed by atoms with van der Waals surface area (Å²) in [4.78, 5) is 2.43. The molecule has 2 rings (SSSR count). The molecule has 3 heteroatoms. The lowest BCUT2D eigenvalue weighted by molar-refractivity contribution is 0.247. The molecule has 0 amide bonds. The van der Waals surface area contributed by atoms with Gasteiger partial charge < -0.3 is 0 Å². The Morgan fingerprint density at radius 1 is 1.41 bits per heavy atom. The Balaban J connectivity index is 2.00. The number of halogens is 2. The summed E-state index contributed by atoms with van der Waals surface area (Å²) in [5.74, 6) is -0.0958. The fourth-order valence-electron chi connectivity index (χ4n) is 2.06. The zero-order valence-electron chi connectivity index (χ0n) is 10.3. The Bertz CT molecular complexity index is 376. The first-order valence-corrected chi connectivity index (χ1v) is 7.18. The second-order valence-electron chi connectivity index (χ2n) is 4.79. The van der Waals surface area contributed by atoms with E-state index >= 15 is 0 Å². The normalized spacial score (nSPS) is 15.5. The Labute approximate surface area is 111 Å². The molecule has 0 radical (unpaired) electrons. The Kier molecular flexibility index (Phi) is 4.57. The predicted molar refractivity (Wildman–Crippen MR) is 72.4 cm³/mol. The Morgan fingerprint density at radius 2 is 2.18 bits per heavy atom. The molecule has 0 spiro atoms. The van der Waals surface area contributed by atoms with Gasteiger partial charge in [0.05, 0.1) is 0 Å². The minimum absolute atomic E-state index is 0.0958. The molecule has 1 nitrogen and oxygen atoms in total. The quantitative estimate of drug-likeness (QED) is 0.755. The third-order valence-electron chi connectivity index (χ3n) is 3.25. The van der Waals surface area contributed by atoms with Crippen LogP contribution in [0.25, 0.3) is 0 Å². The average Bonchev–Trinajstić information content (AvgIpc) is 3.11. The van der Waals surface area contributed by atoms with E-state index in [0.29, 0.717) is 6.04 Å². The van der Waals surface area contributed by atoms with E-state index in [1.807, 2.05) is 12.1 Å². The zero-order valence-corrected chi connectivity index (χ0v) is 11.8. The molecule has 0 heterocycles. The van der Waals surface area contributed by atoms with E-state index in [0.717, 1.165) is 23.1 Å².